The fourth-order valence-corrected chi connectivity index (χ4v) is 3.18. The van der Waals surface area contributed by atoms with Crippen LogP contribution in [0.4, 0.5) is 0 Å². The molecule has 1 N–H and O–H groups in total. The van der Waals surface area contributed by atoms with Gasteiger partial charge in [0.15, 0.2) is 0 Å². The third-order valence-corrected chi connectivity index (χ3v) is 5.14. The first-order chi connectivity index (χ1) is 15.4. The smallest absolute Gasteiger partial charge is 0.268 e. The fraction of sp³-hybridized carbons (Fsp3) is 0.250. The molecule has 4 aromatic rings. The molecule has 3 heterocycles. The molecule has 4 rings (SSSR count). The molecule has 8 heteroatoms. The molecule has 0 atom stereocenters. The van der Waals surface area contributed by atoms with Crippen molar-refractivity contribution in [1.29, 1.82) is 5.26 Å². The van der Waals surface area contributed by atoms with Crippen molar-refractivity contribution < 1.29 is 4.42 Å². The van der Waals surface area contributed by atoms with E-state index in [1.165, 1.54) is 5.56 Å². The summed E-state index contributed by atoms with van der Waals surface area (Å²) in [5, 5.41) is 20.9. The Bertz CT molecular complexity index is 1290. The molecule has 0 aliphatic rings. The summed E-state index contributed by atoms with van der Waals surface area (Å²) < 4.78 is 5.93. The van der Waals surface area contributed by atoms with Gasteiger partial charge in [-0.15, -0.1) is 10.2 Å². The van der Waals surface area contributed by atoms with Gasteiger partial charge in [-0.25, -0.2) is 4.98 Å². The lowest BCUT2D eigenvalue weighted by Gasteiger charge is -2.15. The van der Waals surface area contributed by atoms with Gasteiger partial charge >= 0.3 is 0 Å². The van der Waals surface area contributed by atoms with Gasteiger partial charge in [0, 0.05) is 23.9 Å². The monoisotopic (exact) mass is 425 g/mol. The van der Waals surface area contributed by atoms with Crippen LogP contribution in [0.1, 0.15) is 30.8 Å². The largest absolute Gasteiger partial charge is 0.415 e. The molecule has 0 bridgehead atoms. The molecule has 0 saturated carbocycles. The fourth-order valence-electron chi connectivity index (χ4n) is 3.18. The number of nitrogens with one attached hydrogen (secondary N) is 1. The molecule has 0 amide bonds. The molecule has 0 aliphatic heterocycles. The van der Waals surface area contributed by atoms with Crippen LogP contribution in [-0.4, -0.2) is 32.2 Å². The highest BCUT2D eigenvalue weighted by Gasteiger charge is 2.22. The number of hydrogen-bond acceptors (Lipinski definition) is 8. The number of hydrogen-bond donors (Lipinski definition) is 1. The molecule has 0 spiro atoms. The maximum atomic E-state index is 9.43. The molecule has 8 nitrogen and oxygen atoms in total. The lowest BCUT2D eigenvalue weighted by molar-refractivity contribution is 0.581. The lowest BCUT2D eigenvalue weighted by Crippen LogP contribution is -2.15. The summed E-state index contributed by atoms with van der Waals surface area (Å²) in [5.74, 6) is 0.724. The van der Waals surface area contributed by atoms with E-state index in [9.17, 15) is 5.26 Å². The van der Waals surface area contributed by atoms with E-state index in [-0.39, 0.29) is 0 Å². The van der Waals surface area contributed by atoms with Gasteiger partial charge in [-0.1, -0.05) is 12.1 Å². The number of nitriles is 1. The molecule has 0 unspecified atom stereocenters. The summed E-state index contributed by atoms with van der Waals surface area (Å²) in [7, 11) is 1.91. The third kappa shape index (κ3) is 4.24. The number of nitrogens with zero attached hydrogens (tertiary/aromatic N) is 6. The zero-order valence-corrected chi connectivity index (χ0v) is 18.4. The number of rotatable bonds is 6. The van der Waals surface area contributed by atoms with Crippen molar-refractivity contribution in [1.82, 2.24) is 30.5 Å². The van der Waals surface area contributed by atoms with E-state index in [0.717, 1.165) is 17.7 Å². The Balaban J connectivity index is 1.68. The minimum atomic E-state index is -0.707. The highest BCUT2D eigenvalue weighted by molar-refractivity contribution is 5.64. The second-order valence-electron chi connectivity index (χ2n) is 8.00. The minimum absolute atomic E-state index is 0.304. The molecule has 0 fully saturated rings. The van der Waals surface area contributed by atoms with E-state index in [4.69, 9.17) is 9.40 Å². The molecule has 0 radical (unpaired) electrons. The summed E-state index contributed by atoms with van der Waals surface area (Å²) in [6, 6.07) is 13.9. The summed E-state index contributed by atoms with van der Waals surface area (Å²) in [5.41, 5.74) is 4.62. The summed E-state index contributed by atoms with van der Waals surface area (Å²) >= 11 is 0. The van der Waals surface area contributed by atoms with Crippen molar-refractivity contribution >= 4 is 0 Å². The zero-order valence-electron chi connectivity index (χ0n) is 18.4. The number of aromatic nitrogens is 5. The Labute approximate surface area is 186 Å². The van der Waals surface area contributed by atoms with Gasteiger partial charge in [-0.05, 0) is 57.6 Å². The van der Waals surface area contributed by atoms with Gasteiger partial charge in [-0.3, -0.25) is 9.97 Å². The Kier molecular flexibility index (Phi) is 5.75. The average molecular weight is 425 g/mol. The van der Waals surface area contributed by atoms with Crippen molar-refractivity contribution in [3.05, 3.63) is 65.7 Å². The molecule has 1 aromatic carbocycles. The zero-order chi connectivity index (χ0) is 22.7. The predicted molar refractivity (Wildman–Crippen MR) is 120 cm³/mol. The molecular formula is C24H23N7O. The standard InChI is InChI=1S/C24H23N7O/c1-15-21(23-31-30-22(32-23)17-7-5-16(6-8-17)12-26-4)29-19(13-28-15)18-9-10-27-20(11-18)24(2,3)14-25/h5-11,13,26H,12H2,1-4H3. The van der Waals surface area contributed by atoms with Crippen LogP contribution in [0.2, 0.25) is 0 Å². The van der Waals surface area contributed by atoms with Crippen molar-refractivity contribution in [2.24, 2.45) is 0 Å². The van der Waals surface area contributed by atoms with Gasteiger partial charge in [0.25, 0.3) is 5.89 Å². The summed E-state index contributed by atoms with van der Waals surface area (Å²) in [6.45, 7) is 6.30. The summed E-state index contributed by atoms with van der Waals surface area (Å²) in [6.07, 6.45) is 3.36. The van der Waals surface area contributed by atoms with Crippen LogP contribution in [0, 0.1) is 18.3 Å². The van der Waals surface area contributed by atoms with Gasteiger partial charge < -0.3 is 9.73 Å². The summed E-state index contributed by atoms with van der Waals surface area (Å²) in [4.78, 5) is 13.5. The van der Waals surface area contributed by atoms with Crippen molar-refractivity contribution in [2.45, 2.75) is 32.7 Å². The van der Waals surface area contributed by atoms with E-state index in [1.54, 1.807) is 12.4 Å². The molecule has 32 heavy (non-hydrogen) atoms. The first kappa shape index (κ1) is 21.3. The Morgan fingerprint density at radius 1 is 1.03 bits per heavy atom. The van der Waals surface area contributed by atoms with Crippen molar-refractivity contribution in [3.63, 3.8) is 0 Å². The molecule has 160 valence electrons. The van der Waals surface area contributed by atoms with Crippen LogP contribution < -0.4 is 5.32 Å². The Morgan fingerprint density at radius 2 is 1.78 bits per heavy atom. The maximum Gasteiger partial charge on any atom is 0.268 e. The van der Waals surface area contributed by atoms with Gasteiger partial charge in [-0.2, -0.15) is 5.26 Å². The van der Waals surface area contributed by atoms with Gasteiger partial charge in [0.05, 0.1) is 34.8 Å². The first-order valence-electron chi connectivity index (χ1n) is 10.2. The van der Waals surface area contributed by atoms with Crippen LogP contribution >= 0.6 is 0 Å². The van der Waals surface area contributed by atoms with E-state index in [2.05, 4.69) is 31.6 Å². The van der Waals surface area contributed by atoms with E-state index >= 15 is 0 Å². The normalized spacial score (nSPS) is 11.3. The second kappa shape index (κ2) is 8.65. The maximum absolute atomic E-state index is 9.43. The number of pyridine rings is 1. The predicted octanol–water partition coefficient (Wildman–Crippen LogP) is 4.08. The van der Waals surface area contributed by atoms with Crippen LogP contribution in [0.5, 0.6) is 0 Å². The van der Waals surface area contributed by atoms with E-state index in [0.29, 0.717) is 34.6 Å². The Morgan fingerprint density at radius 3 is 2.50 bits per heavy atom. The highest BCUT2D eigenvalue weighted by Crippen LogP contribution is 2.28. The van der Waals surface area contributed by atoms with Gasteiger partial charge in [0.2, 0.25) is 5.89 Å². The minimum Gasteiger partial charge on any atom is -0.415 e. The topological polar surface area (TPSA) is 113 Å². The molecule has 0 saturated heterocycles. The molecule has 3 aromatic heterocycles. The van der Waals surface area contributed by atoms with Gasteiger partial charge in [0.1, 0.15) is 5.69 Å². The molecule has 0 aliphatic carbocycles. The van der Waals surface area contributed by atoms with Crippen molar-refractivity contribution in [3.8, 4) is 40.4 Å². The SMILES string of the molecule is CNCc1ccc(-c2nnc(-c3nc(-c4ccnc(C(C)(C)C#N)c4)cnc3C)o2)cc1. The van der Waals surface area contributed by atoms with Crippen LogP contribution in [-0.2, 0) is 12.0 Å². The number of benzene rings is 1. The van der Waals surface area contributed by atoms with Crippen LogP contribution in [0.15, 0.2) is 53.2 Å². The second-order valence-corrected chi connectivity index (χ2v) is 8.00. The quantitative estimate of drug-likeness (QED) is 0.491. The first-order valence-corrected chi connectivity index (χ1v) is 10.2. The van der Waals surface area contributed by atoms with Crippen LogP contribution in [0.25, 0.3) is 34.3 Å². The van der Waals surface area contributed by atoms with Crippen molar-refractivity contribution in [2.75, 3.05) is 7.05 Å². The highest BCUT2D eigenvalue weighted by atomic mass is 16.4. The average Bonchev–Trinajstić information content (AvgIpc) is 3.30. The third-order valence-electron chi connectivity index (χ3n) is 5.14. The Hall–Kier alpha value is -3.96. The number of aryl methyl sites for hydroxylation is 1. The van der Waals surface area contributed by atoms with E-state index < -0.39 is 5.41 Å². The van der Waals surface area contributed by atoms with Crippen LogP contribution in [0.3, 0.4) is 0 Å². The van der Waals surface area contributed by atoms with E-state index in [1.807, 2.05) is 64.2 Å². The lowest BCUT2D eigenvalue weighted by atomic mass is 9.90. The molecular weight excluding hydrogens is 402 g/mol.